The van der Waals surface area contributed by atoms with Crippen LogP contribution in [0.25, 0.3) is 0 Å². The summed E-state index contributed by atoms with van der Waals surface area (Å²) >= 11 is 0. The van der Waals surface area contributed by atoms with E-state index in [1.54, 1.807) is 36.4 Å². The summed E-state index contributed by atoms with van der Waals surface area (Å²) < 4.78 is 10.4. The highest BCUT2D eigenvalue weighted by Crippen LogP contribution is 2.16. The van der Waals surface area contributed by atoms with Gasteiger partial charge in [-0.1, -0.05) is 0 Å². The van der Waals surface area contributed by atoms with E-state index in [0.29, 0.717) is 17.0 Å². The highest BCUT2D eigenvalue weighted by Gasteiger charge is 2.18. The highest BCUT2D eigenvalue weighted by molar-refractivity contribution is 5.95. The van der Waals surface area contributed by atoms with Crippen molar-refractivity contribution < 1.29 is 19.1 Å². The van der Waals surface area contributed by atoms with Gasteiger partial charge in [0.1, 0.15) is 5.75 Å². The van der Waals surface area contributed by atoms with E-state index in [2.05, 4.69) is 5.32 Å². The molecule has 27 heavy (non-hydrogen) atoms. The smallest absolute Gasteiger partial charge is 0.344 e. The van der Waals surface area contributed by atoms with Gasteiger partial charge in [-0.2, -0.15) is 5.26 Å². The molecule has 0 saturated carbocycles. The predicted octanol–water partition coefficient (Wildman–Crippen LogP) is 2.57. The number of hydrogen-bond donors (Lipinski definition) is 1. The normalized spacial score (nSPS) is 11.0. The molecule has 0 aliphatic heterocycles. The Bertz CT molecular complexity index is 824. The number of esters is 1. The number of anilines is 2. The fourth-order valence-electron chi connectivity index (χ4n) is 2.14. The lowest BCUT2D eigenvalue weighted by atomic mass is 10.2. The van der Waals surface area contributed by atoms with E-state index < -0.39 is 18.0 Å². The Morgan fingerprint density at radius 3 is 2.30 bits per heavy atom. The Kier molecular flexibility index (Phi) is 6.78. The molecule has 7 heteroatoms. The molecule has 1 N–H and O–H groups in total. The maximum atomic E-state index is 12.1. The summed E-state index contributed by atoms with van der Waals surface area (Å²) in [4.78, 5) is 25.9. The molecule has 2 rings (SSSR count). The first-order valence-corrected chi connectivity index (χ1v) is 8.29. The number of rotatable bonds is 7. The van der Waals surface area contributed by atoms with Crippen LogP contribution in [0, 0.1) is 11.3 Å². The SMILES string of the molecule is CC(OC(=O)COc1ccc(C#N)cc1)C(=O)Nc1ccc(N(C)C)cc1. The summed E-state index contributed by atoms with van der Waals surface area (Å²) in [5, 5.41) is 11.4. The standard InChI is InChI=1S/C20H21N3O4/c1-14(20(25)22-16-6-8-17(9-7-16)23(2)3)27-19(24)13-26-18-10-4-15(12-21)5-11-18/h4-11,14H,13H2,1-3H3,(H,22,25). The maximum absolute atomic E-state index is 12.1. The van der Waals surface area contributed by atoms with Crippen molar-refractivity contribution in [2.24, 2.45) is 0 Å². The highest BCUT2D eigenvalue weighted by atomic mass is 16.6. The quantitative estimate of drug-likeness (QED) is 0.756. The van der Waals surface area contributed by atoms with E-state index in [4.69, 9.17) is 14.7 Å². The van der Waals surface area contributed by atoms with Gasteiger partial charge in [0.25, 0.3) is 5.91 Å². The molecule has 0 spiro atoms. The molecule has 1 amide bonds. The third-order valence-corrected chi connectivity index (χ3v) is 3.67. The van der Waals surface area contributed by atoms with Crippen LogP contribution < -0.4 is 15.0 Å². The molecule has 0 heterocycles. The van der Waals surface area contributed by atoms with Crippen LogP contribution in [0.5, 0.6) is 5.75 Å². The van der Waals surface area contributed by atoms with E-state index >= 15 is 0 Å². The largest absolute Gasteiger partial charge is 0.482 e. The molecule has 0 aliphatic carbocycles. The Balaban J connectivity index is 1.80. The first-order valence-electron chi connectivity index (χ1n) is 8.29. The van der Waals surface area contributed by atoms with Crippen molar-refractivity contribution >= 4 is 23.3 Å². The van der Waals surface area contributed by atoms with Crippen molar-refractivity contribution in [1.82, 2.24) is 0 Å². The van der Waals surface area contributed by atoms with Crippen LogP contribution in [-0.2, 0) is 14.3 Å². The van der Waals surface area contributed by atoms with Gasteiger partial charge < -0.3 is 19.7 Å². The van der Waals surface area contributed by atoms with Crippen LogP contribution in [0.3, 0.4) is 0 Å². The van der Waals surface area contributed by atoms with Gasteiger partial charge in [0.05, 0.1) is 11.6 Å². The second-order valence-corrected chi connectivity index (χ2v) is 5.99. The minimum absolute atomic E-state index is 0.332. The van der Waals surface area contributed by atoms with Gasteiger partial charge >= 0.3 is 5.97 Å². The lowest BCUT2D eigenvalue weighted by Crippen LogP contribution is -2.31. The number of benzene rings is 2. The van der Waals surface area contributed by atoms with Crippen molar-refractivity contribution in [2.75, 3.05) is 30.9 Å². The molecule has 0 bridgehead atoms. The molecule has 140 valence electrons. The zero-order valence-electron chi connectivity index (χ0n) is 15.4. The first kappa shape index (κ1) is 19.8. The van der Waals surface area contributed by atoms with Gasteiger partial charge in [0.15, 0.2) is 12.7 Å². The summed E-state index contributed by atoms with van der Waals surface area (Å²) in [7, 11) is 3.85. The number of nitrogens with zero attached hydrogens (tertiary/aromatic N) is 2. The number of carbonyl (C=O) groups excluding carboxylic acids is 2. The Morgan fingerprint density at radius 1 is 1.11 bits per heavy atom. The zero-order valence-corrected chi connectivity index (χ0v) is 15.4. The number of nitrogens with one attached hydrogen (secondary N) is 1. The molecule has 7 nitrogen and oxygen atoms in total. The molecule has 1 unspecified atom stereocenters. The molecule has 2 aromatic carbocycles. The molecule has 0 saturated heterocycles. The van der Waals surface area contributed by atoms with Crippen LogP contribution in [0.1, 0.15) is 12.5 Å². The second-order valence-electron chi connectivity index (χ2n) is 5.99. The fourth-order valence-corrected chi connectivity index (χ4v) is 2.14. The van der Waals surface area contributed by atoms with Gasteiger partial charge in [-0.15, -0.1) is 0 Å². The van der Waals surface area contributed by atoms with Crippen LogP contribution in [-0.4, -0.2) is 38.7 Å². The van der Waals surface area contributed by atoms with E-state index in [-0.39, 0.29) is 6.61 Å². The average Bonchev–Trinajstić information content (AvgIpc) is 2.67. The average molecular weight is 367 g/mol. The van der Waals surface area contributed by atoms with Crippen LogP contribution in [0.4, 0.5) is 11.4 Å². The first-order chi connectivity index (χ1) is 12.9. The molecular formula is C20H21N3O4. The Morgan fingerprint density at radius 2 is 1.74 bits per heavy atom. The molecule has 0 aliphatic rings. The van der Waals surface area contributed by atoms with E-state index in [1.165, 1.54) is 6.92 Å². The number of ether oxygens (including phenoxy) is 2. The monoisotopic (exact) mass is 367 g/mol. The summed E-state index contributed by atoms with van der Waals surface area (Å²) in [5.41, 5.74) is 2.11. The predicted molar refractivity (Wildman–Crippen MR) is 102 cm³/mol. The zero-order chi connectivity index (χ0) is 19.8. The van der Waals surface area contributed by atoms with E-state index in [1.807, 2.05) is 37.2 Å². The lowest BCUT2D eigenvalue weighted by molar-refractivity contribution is -0.155. The molecule has 0 fully saturated rings. The van der Waals surface area contributed by atoms with Crippen LogP contribution >= 0.6 is 0 Å². The van der Waals surface area contributed by atoms with Gasteiger partial charge in [-0.25, -0.2) is 4.79 Å². The van der Waals surface area contributed by atoms with Gasteiger partial charge in [0, 0.05) is 25.5 Å². The van der Waals surface area contributed by atoms with Crippen molar-refractivity contribution in [2.45, 2.75) is 13.0 Å². The number of nitriles is 1. The summed E-state index contributed by atoms with van der Waals surface area (Å²) in [6.07, 6.45) is -0.962. The molecule has 0 aromatic heterocycles. The Hall–Kier alpha value is -3.53. The van der Waals surface area contributed by atoms with Crippen LogP contribution in [0.15, 0.2) is 48.5 Å². The van der Waals surface area contributed by atoms with Crippen molar-refractivity contribution in [1.29, 1.82) is 5.26 Å². The summed E-state index contributed by atoms with van der Waals surface area (Å²) in [5.74, 6) is -0.659. The van der Waals surface area contributed by atoms with Crippen molar-refractivity contribution in [3.63, 3.8) is 0 Å². The minimum atomic E-state index is -0.962. The number of amides is 1. The summed E-state index contributed by atoms with van der Waals surface area (Å²) in [6, 6.07) is 15.6. The molecule has 0 radical (unpaired) electrons. The maximum Gasteiger partial charge on any atom is 0.344 e. The number of hydrogen-bond acceptors (Lipinski definition) is 6. The number of carbonyl (C=O) groups is 2. The van der Waals surface area contributed by atoms with E-state index in [9.17, 15) is 9.59 Å². The van der Waals surface area contributed by atoms with Crippen LogP contribution in [0.2, 0.25) is 0 Å². The fraction of sp³-hybridized carbons (Fsp3) is 0.250. The molecule has 1 atom stereocenters. The summed E-state index contributed by atoms with van der Waals surface area (Å²) in [6.45, 7) is 1.16. The van der Waals surface area contributed by atoms with Gasteiger partial charge in [-0.05, 0) is 55.5 Å². The topological polar surface area (TPSA) is 91.7 Å². The second kappa shape index (κ2) is 9.25. The van der Waals surface area contributed by atoms with Crippen molar-refractivity contribution in [3.05, 3.63) is 54.1 Å². The van der Waals surface area contributed by atoms with Crippen molar-refractivity contribution in [3.8, 4) is 11.8 Å². The minimum Gasteiger partial charge on any atom is -0.482 e. The molecule has 2 aromatic rings. The molecular weight excluding hydrogens is 346 g/mol. The third-order valence-electron chi connectivity index (χ3n) is 3.67. The lowest BCUT2D eigenvalue weighted by Gasteiger charge is -2.15. The van der Waals surface area contributed by atoms with Gasteiger partial charge in [0.2, 0.25) is 0 Å². The third kappa shape index (κ3) is 6.04. The van der Waals surface area contributed by atoms with Gasteiger partial charge in [-0.3, -0.25) is 4.79 Å². The Labute approximate surface area is 158 Å². The van der Waals surface area contributed by atoms with E-state index in [0.717, 1.165) is 5.69 Å².